The van der Waals surface area contributed by atoms with Crippen LogP contribution in [0.2, 0.25) is 0 Å². The molecule has 1 rings (SSSR count). The van der Waals surface area contributed by atoms with E-state index in [1.165, 1.54) is 22.4 Å². The van der Waals surface area contributed by atoms with Gasteiger partial charge in [-0.05, 0) is 0 Å². The van der Waals surface area contributed by atoms with Gasteiger partial charge in [-0.15, -0.1) is 12.4 Å². The summed E-state index contributed by atoms with van der Waals surface area (Å²) >= 11 is 4.45. The molecule has 0 saturated heterocycles. The van der Waals surface area contributed by atoms with Crippen molar-refractivity contribution in [3.05, 3.63) is 28.8 Å². The zero-order valence-electron chi connectivity index (χ0n) is 10.4. The maximum Gasteiger partial charge on any atom is -0.147 e. The topological polar surface area (TPSA) is 12.0 Å². The van der Waals surface area contributed by atoms with Crippen molar-refractivity contribution >= 4 is 18.1 Å². The van der Waals surface area contributed by atoms with Gasteiger partial charge in [0.25, 0.3) is 0 Å². The smallest absolute Gasteiger partial charge is 0.147 e. The maximum atomic E-state index is 4.45. The minimum absolute atomic E-state index is 0. The minimum atomic E-state index is 0. The van der Waals surface area contributed by atoms with E-state index in [2.05, 4.69) is 60.9 Å². The van der Waals surface area contributed by atoms with Crippen LogP contribution in [0.15, 0.2) is 12.1 Å². The molecule has 0 aromatic heterocycles. The second kappa shape index (κ2) is 7.20. The van der Waals surface area contributed by atoms with E-state index in [4.69, 9.17) is 0 Å². The van der Waals surface area contributed by atoms with Crippen molar-refractivity contribution in [2.75, 3.05) is 5.32 Å². The first-order valence-electron chi connectivity index (χ1n) is 5.58. The average Bonchev–Trinajstić information content (AvgIpc) is 2.19. The Balaban J connectivity index is 0.00000225. The second-order valence-corrected chi connectivity index (χ2v) is 4.79. The molecule has 0 aliphatic rings. The van der Waals surface area contributed by atoms with Crippen LogP contribution in [0.1, 0.15) is 37.5 Å². The molecule has 1 N–H and O–H groups in total. The summed E-state index contributed by atoms with van der Waals surface area (Å²) in [6.07, 6.45) is 2.13. The van der Waals surface area contributed by atoms with Gasteiger partial charge in [0.2, 0.25) is 0 Å². The van der Waals surface area contributed by atoms with Crippen molar-refractivity contribution in [3.63, 3.8) is 0 Å². The fourth-order valence-corrected chi connectivity index (χ4v) is 2.03. The van der Waals surface area contributed by atoms with Crippen molar-refractivity contribution in [3.8, 4) is 0 Å². The number of benzene rings is 1. The molecule has 0 aliphatic carbocycles. The van der Waals surface area contributed by atoms with Gasteiger partial charge in [-0.1, -0.05) is 0 Å². The summed E-state index contributed by atoms with van der Waals surface area (Å²) in [6.45, 7) is 8.61. The third-order valence-electron chi connectivity index (χ3n) is 2.54. The molecular weight excluding hydrogens is 265 g/mol. The van der Waals surface area contributed by atoms with E-state index in [1.54, 1.807) is 0 Å². The molecule has 0 heterocycles. The Labute approximate surface area is 113 Å². The Morgan fingerprint density at radius 2 is 1.62 bits per heavy atom. The third kappa shape index (κ3) is 4.00. The molecular formula is C13H21ClCoN. The van der Waals surface area contributed by atoms with Crippen molar-refractivity contribution in [1.29, 1.82) is 0 Å². The first-order chi connectivity index (χ1) is 7.08. The van der Waals surface area contributed by atoms with E-state index >= 15 is 0 Å². The minimum Gasteiger partial charge on any atom is -0.147 e. The van der Waals surface area contributed by atoms with E-state index in [0.29, 0.717) is 0 Å². The Hall–Kier alpha value is -0.184. The van der Waals surface area contributed by atoms with Crippen LogP contribution in [0, 0.1) is 6.92 Å². The number of halogens is 1. The van der Waals surface area contributed by atoms with E-state index in [1.807, 2.05) is 0 Å². The number of hydrogen-bond acceptors (Lipinski definition) is 1. The Kier molecular flexibility index (Phi) is 7.12. The van der Waals surface area contributed by atoms with Crippen LogP contribution < -0.4 is 5.32 Å². The summed E-state index contributed by atoms with van der Waals surface area (Å²) in [6, 6.07) is 4.52. The number of rotatable bonds is 4. The molecule has 0 aliphatic heterocycles. The number of anilines is 1. The van der Waals surface area contributed by atoms with E-state index < -0.39 is 0 Å². The largest absolute Gasteiger partial charge is 0.147 e. The monoisotopic (exact) mass is 285 g/mol. The van der Waals surface area contributed by atoms with E-state index in [0.717, 1.165) is 12.8 Å². The first kappa shape index (κ1) is 15.8. The van der Waals surface area contributed by atoms with Crippen LogP contribution in [0.5, 0.6) is 0 Å². The molecule has 3 heteroatoms. The summed E-state index contributed by atoms with van der Waals surface area (Å²) in [4.78, 5) is 0.191. The standard InChI is InChI=1S/C13H20N.ClH.Co/c1-5-11-8-10(4)9-12(6-2)13(11)14-7-3;;/h7-9,14H,5-6H2,1-4H3;1H;. The van der Waals surface area contributed by atoms with Gasteiger partial charge in [0.15, 0.2) is 0 Å². The number of hydrogen-bond donors (Lipinski definition) is 1. The molecule has 1 aromatic rings. The summed E-state index contributed by atoms with van der Waals surface area (Å²) in [5.74, 6) is 0. The van der Waals surface area contributed by atoms with Gasteiger partial charge < -0.3 is 0 Å². The molecule has 0 radical (unpaired) electrons. The number of aryl methyl sites for hydroxylation is 3. The molecule has 1 aromatic carbocycles. The van der Waals surface area contributed by atoms with Crippen molar-refractivity contribution < 1.29 is 15.7 Å². The Morgan fingerprint density at radius 1 is 1.19 bits per heavy atom. The predicted molar refractivity (Wildman–Crippen MR) is 70.3 cm³/mol. The fraction of sp³-hybridized carbons (Fsp3) is 0.538. The molecule has 1 unspecified atom stereocenters. The van der Waals surface area contributed by atoms with Crippen molar-refractivity contribution in [2.24, 2.45) is 0 Å². The van der Waals surface area contributed by atoms with Crippen molar-refractivity contribution in [1.82, 2.24) is 0 Å². The third-order valence-corrected chi connectivity index (χ3v) is 2.69. The molecule has 94 valence electrons. The molecule has 0 spiro atoms. The average molecular weight is 286 g/mol. The normalized spacial score (nSPS) is 11.9. The van der Waals surface area contributed by atoms with Crippen LogP contribution in [0.3, 0.4) is 0 Å². The zero-order valence-corrected chi connectivity index (χ0v) is 12.2. The van der Waals surface area contributed by atoms with Gasteiger partial charge in [0, 0.05) is 0 Å². The molecule has 1 nitrogen and oxygen atoms in total. The van der Waals surface area contributed by atoms with Gasteiger partial charge in [0.1, 0.15) is 0 Å². The van der Waals surface area contributed by atoms with Crippen LogP contribution in [-0.2, 0) is 28.6 Å². The predicted octanol–water partition coefficient (Wildman–Crippen LogP) is 3.85. The van der Waals surface area contributed by atoms with Crippen molar-refractivity contribution in [2.45, 2.75) is 45.5 Å². The second-order valence-electron chi connectivity index (χ2n) is 3.89. The van der Waals surface area contributed by atoms with Crippen LogP contribution in [0.4, 0.5) is 5.69 Å². The molecule has 0 fully saturated rings. The molecule has 1 atom stereocenters. The summed E-state index contributed by atoms with van der Waals surface area (Å²) in [5.41, 5.74) is 5.42. The molecule has 0 amide bonds. The molecule has 16 heavy (non-hydrogen) atoms. The van der Waals surface area contributed by atoms with Gasteiger partial charge in [-0.3, -0.25) is 0 Å². The zero-order chi connectivity index (χ0) is 11.4. The molecule has 0 saturated carbocycles. The number of nitrogens with one attached hydrogen (secondary N) is 1. The quantitative estimate of drug-likeness (QED) is 0.886. The van der Waals surface area contributed by atoms with Gasteiger partial charge >= 0.3 is 101 Å². The first-order valence-corrected chi connectivity index (χ1v) is 6.19. The summed E-state index contributed by atoms with van der Waals surface area (Å²) in [7, 11) is 0. The van der Waals surface area contributed by atoms with Gasteiger partial charge in [-0.25, -0.2) is 0 Å². The Morgan fingerprint density at radius 3 is 1.94 bits per heavy atom. The summed E-state index contributed by atoms with van der Waals surface area (Å²) < 4.78 is 0. The fourth-order valence-electron chi connectivity index (χ4n) is 1.88. The summed E-state index contributed by atoms with van der Waals surface area (Å²) in [5, 5.41) is 3.43. The Bertz CT molecular complexity index is 312. The van der Waals surface area contributed by atoms with E-state index in [-0.39, 0.29) is 17.4 Å². The van der Waals surface area contributed by atoms with Crippen LogP contribution in [0.25, 0.3) is 0 Å². The SMILES string of the molecule is CCc1cc(C)cc(CC)c1N[CH](C)[Co].Cl. The van der Waals surface area contributed by atoms with Crippen LogP contribution in [-0.4, -0.2) is 4.98 Å². The van der Waals surface area contributed by atoms with Crippen LogP contribution >= 0.6 is 12.4 Å². The molecule has 0 bridgehead atoms. The van der Waals surface area contributed by atoms with Gasteiger partial charge in [0.05, 0.1) is 0 Å². The van der Waals surface area contributed by atoms with E-state index in [9.17, 15) is 0 Å². The maximum absolute atomic E-state index is 4.45. The van der Waals surface area contributed by atoms with Gasteiger partial charge in [-0.2, -0.15) is 0 Å².